The molecular weight excluding hydrogens is 292 g/mol. The van der Waals surface area contributed by atoms with Crippen molar-refractivity contribution >= 4 is 27.5 Å². The van der Waals surface area contributed by atoms with Crippen molar-refractivity contribution in [2.75, 3.05) is 23.8 Å². The van der Waals surface area contributed by atoms with Crippen molar-refractivity contribution in [1.29, 1.82) is 0 Å². The number of hydrogen-bond donors (Lipinski definition) is 2. The Balaban J connectivity index is 2.36. The molecule has 0 spiro atoms. The summed E-state index contributed by atoms with van der Waals surface area (Å²) in [5, 5.41) is 0. The molecule has 6 heteroatoms. The van der Waals surface area contributed by atoms with Crippen molar-refractivity contribution in [2.24, 2.45) is 11.8 Å². The van der Waals surface area contributed by atoms with Crippen LogP contribution in [0.25, 0.3) is 0 Å². The van der Waals surface area contributed by atoms with Crippen LogP contribution in [-0.2, 0) is 10.0 Å². The normalized spacial score (nSPS) is 13.6. The summed E-state index contributed by atoms with van der Waals surface area (Å²) in [5.74, 6) is 1.46. The number of anilines is 1. The lowest BCUT2D eigenvalue weighted by Gasteiger charge is -2.16. The summed E-state index contributed by atoms with van der Waals surface area (Å²) in [5.41, 5.74) is 6.38. The van der Waals surface area contributed by atoms with Gasteiger partial charge in [0.05, 0.1) is 5.75 Å². The predicted octanol–water partition coefficient (Wildman–Crippen LogP) is 2.57. The lowest BCUT2D eigenvalue weighted by Crippen LogP contribution is -2.32. The van der Waals surface area contributed by atoms with Crippen molar-refractivity contribution in [3.8, 4) is 0 Å². The van der Waals surface area contributed by atoms with Crippen molar-refractivity contribution < 1.29 is 8.42 Å². The number of rotatable bonds is 8. The van der Waals surface area contributed by atoms with Gasteiger partial charge in [-0.3, -0.25) is 0 Å². The summed E-state index contributed by atoms with van der Waals surface area (Å²) in [7, 11) is -3.19. The van der Waals surface area contributed by atoms with E-state index in [-0.39, 0.29) is 5.75 Å². The first-order chi connectivity index (χ1) is 9.30. The van der Waals surface area contributed by atoms with Gasteiger partial charge in [0.15, 0.2) is 0 Å². The van der Waals surface area contributed by atoms with E-state index in [1.54, 1.807) is 0 Å². The molecule has 0 saturated heterocycles. The number of hydrogen-bond acceptors (Lipinski definition) is 4. The number of nitrogens with two attached hydrogens (primary N) is 1. The molecule has 0 heterocycles. The highest BCUT2D eigenvalue weighted by Crippen LogP contribution is 2.20. The van der Waals surface area contributed by atoms with Gasteiger partial charge >= 0.3 is 0 Å². The molecule has 0 radical (unpaired) electrons. The third-order valence-corrected chi connectivity index (χ3v) is 5.84. The maximum atomic E-state index is 11.9. The summed E-state index contributed by atoms with van der Waals surface area (Å²) in [6, 6.07) is 7.47. The van der Waals surface area contributed by atoms with E-state index in [9.17, 15) is 8.42 Å². The third kappa shape index (κ3) is 6.63. The Kier molecular flexibility index (Phi) is 6.85. The molecule has 0 fully saturated rings. The number of nitrogens with one attached hydrogen (secondary N) is 1. The van der Waals surface area contributed by atoms with Crippen LogP contribution in [0.3, 0.4) is 0 Å². The molecule has 0 saturated carbocycles. The van der Waals surface area contributed by atoms with Crippen LogP contribution in [0.5, 0.6) is 0 Å². The standard InChI is InChI=1S/C14H24N2O2S2/c1-11(2)12(3)10-16-20(17,18)8-7-19-14-6-4-5-13(15)9-14/h4-6,9,11-12,16H,7-8,10,15H2,1-3H3. The van der Waals surface area contributed by atoms with Crippen LogP contribution in [0.1, 0.15) is 20.8 Å². The molecule has 4 nitrogen and oxygen atoms in total. The van der Waals surface area contributed by atoms with Crippen molar-refractivity contribution in [1.82, 2.24) is 4.72 Å². The second-order valence-electron chi connectivity index (χ2n) is 5.31. The lowest BCUT2D eigenvalue weighted by atomic mass is 9.99. The number of sulfonamides is 1. The van der Waals surface area contributed by atoms with Crippen LogP contribution in [0.4, 0.5) is 5.69 Å². The van der Waals surface area contributed by atoms with E-state index in [0.29, 0.717) is 29.8 Å². The number of nitrogen functional groups attached to an aromatic ring is 1. The molecule has 1 atom stereocenters. The average molecular weight is 316 g/mol. The smallest absolute Gasteiger partial charge is 0.212 e. The molecular formula is C14H24N2O2S2. The van der Waals surface area contributed by atoms with E-state index in [2.05, 4.69) is 25.5 Å². The highest BCUT2D eigenvalue weighted by Gasteiger charge is 2.14. The van der Waals surface area contributed by atoms with Crippen LogP contribution < -0.4 is 10.5 Å². The minimum absolute atomic E-state index is 0.122. The SMILES string of the molecule is CC(C)C(C)CNS(=O)(=O)CCSc1cccc(N)c1. The molecule has 0 amide bonds. The second-order valence-corrected chi connectivity index (χ2v) is 8.40. The van der Waals surface area contributed by atoms with Crippen LogP contribution in [0, 0.1) is 11.8 Å². The Morgan fingerprint density at radius 1 is 1.30 bits per heavy atom. The second kappa shape index (κ2) is 7.90. The molecule has 1 rings (SSSR count). The van der Waals surface area contributed by atoms with Crippen molar-refractivity contribution in [2.45, 2.75) is 25.7 Å². The summed E-state index contributed by atoms with van der Waals surface area (Å²) in [4.78, 5) is 0.996. The molecule has 0 bridgehead atoms. The van der Waals surface area contributed by atoms with E-state index in [0.717, 1.165) is 4.90 Å². The minimum atomic E-state index is -3.19. The van der Waals surface area contributed by atoms with Gasteiger partial charge in [0.2, 0.25) is 10.0 Å². The first-order valence-corrected chi connectivity index (χ1v) is 9.39. The zero-order valence-corrected chi connectivity index (χ0v) is 13.9. The molecule has 1 unspecified atom stereocenters. The van der Waals surface area contributed by atoms with Gasteiger partial charge in [-0.1, -0.05) is 26.8 Å². The maximum absolute atomic E-state index is 11.9. The minimum Gasteiger partial charge on any atom is -0.399 e. The topological polar surface area (TPSA) is 72.2 Å². The van der Waals surface area contributed by atoms with E-state index < -0.39 is 10.0 Å². The number of thioether (sulfide) groups is 1. The summed E-state index contributed by atoms with van der Waals surface area (Å²) in [6.45, 7) is 6.74. The fourth-order valence-corrected chi connectivity index (χ4v) is 3.94. The third-order valence-electron chi connectivity index (χ3n) is 3.24. The Hall–Kier alpha value is -0.720. The van der Waals surface area contributed by atoms with Crippen molar-refractivity contribution in [3.63, 3.8) is 0 Å². The van der Waals surface area contributed by atoms with E-state index in [1.807, 2.05) is 24.3 Å². The highest BCUT2D eigenvalue weighted by atomic mass is 32.2. The largest absolute Gasteiger partial charge is 0.399 e. The van der Waals surface area contributed by atoms with Gasteiger partial charge in [0.1, 0.15) is 0 Å². The summed E-state index contributed by atoms with van der Waals surface area (Å²) >= 11 is 1.50. The first kappa shape index (κ1) is 17.3. The molecule has 0 aliphatic rings. The molecule has 1 aromatic carbocycles. The summed E-state index contributed by atoms with van der Waals surface area (Å²) < 4.78 is 26.4. The van der Waals surface area contributed by atoms with Crippen LogP contribution in [-0.4, -0.2) is 26.5 Å². The molecule has 3 N–H and O–H groups in total. The quantitative estimate of drug-likeness (QED) is 0.571. The van der Waals surface area contributed by atoms with E-state index in [4.69, 9.17) is 5.73 Å². The number of benzene rings is 1. The van der Waals surface area contributed by atoms with Crippen LogP contribution in [0.2, 0.25) is 0 Å². The fourth-order valence-electron chi connectivity index (χ4n) is 1.44. The van der Waals surface area contributed by atoms with Crippen LogP contribution >= 0.6 is 11.8 Å². The van der Waals surface area contributed by atoms with Gasteiger partial charge in [-0.05, 0) is 30.0 Å². The molecule has 114 valence electrons. The van der Waals surface area contributed by atoms with Gasteiger partial charge < -0.3 is 5.73 Å². The molecule has 1 aromatic rings. The predicted molar refractivity (Wildman–Crippen MR) is 87.4 cm³/mol. The first-order valence-electron chi connectivity index (χ1n) is 6.76. The molecule has 20 heavy (non-hydrogen) atoms. The lowest BCUT2D eigenvalue weighted by molar-refractivity contribution is 0.415. The Labute approximate surface area is 126 Å². The Bertz CT molecular complexity index is 516. The van der Waals surface area contributed by atoms with E-state index >= 15 is 0 Å². The fraction of sp³-hybridized carbons (Fsp3) is 0.571. The van der Waals surface area contributed by atoms with Gasteiger partial charge in [-0.2, -0.15) is 0 Å². The Morgan fingerprint density at radius 3 is 2.60 bits per heavy atom. The zero-order chi connectivity index (χ0) is 15.2. The van der Waals surface area contributed by atoms with Crippen LogP contribution in [0.15, 0.2) is 29.2 Å². The van der Waals surface area contributed by atoms with Gasteiger partial charge in [0.25, 0.3) is 0 Å². The maximum Gasteiger partial charge on any atom is 0.212 e. The van der Waals surface area contributed by atoms with E-state index in [1.165, 1.54) is 11.8 Å². The summed E-state index contributed by atoms with van der Waals surface area (Å²) in [6.07, 6.45) is 0. The average Bonchev–Trinajstić information content (AvgIpc) is 2.36. The van der Waals surface area contributed by atoms with Crippen molar-refractivity contribution in [3.05, 3.63) is 24.3 Å². The molecule has 0 aliphatic carbocycles. The van der Waals surface area contributed by atoms with Gasteiger partial charge in [-0.15, -0.1) is 11.8 Å². The van der Waals surface area contributed by atoms with Gasteiger partial charge in [-0.25, -0.2) is 13.1 Å². The zero-order valence-electron chi connectivity index (χ0n) is 12.3. The Morgan fingerprint density at radius 2 is 2.00 bits per heavy atom. The van der Waals surface area contributed by atoms with Gasteiger partial charge in [0, 0.05) is 22.9 Å². The molecule has 0 aromatic heterocycles. The monoisotopic (exact) mass is 316 g/mol. The highest BCUT2D eigenvalue weighted by molar-refractivity contribution is 8.00. The molecule has 0 aliphatic heterocycles.